The molecule has 0 aliphatic carbocycles. The first-order valence-electron chi connectivity index (χ1n) is 9.06. The van der Waals surface area contributed by atoms with Crippen LogP contribution in [0.1, 0.15) is 40.0 Å². The number of rotatable bonds is 6. The molecule has 0 radical (unpaired) electrons. The van der Waals surface area contributed by atoms with E-state index in [4.69, 9.17) is 0 Å². The maximum absolute atomic E-state index is 12.3. The van der Waals surface area contributed by atoms with E-state index in [9.17, 15) is 19.8 Å². The standard InChI is InChI=1S/C18H28N2O4/c1-4-5-12-6-7-19(8-12)9-13-10(2)15-14(11(3)21)17(22)20(15)16(13)18(23)24/h10-12,14-15,21H,4-9H2,1-3H3,(H,23,24)/t10-,11+,12-,14?,15?/m0/s1. The number of aliphatic hydroxyl groups excluding tert-OH is 1. The Morgan fingerprint density at radius 3 is 2.71 bits per heavy atom. The van der Waals surface area contributed by atoms with E-state index in [0.29, 0.717) is 12.5 Å². The van der Waals surface area contributed by atoms with Crippen LogP contribution in [0.2, 0.25) is 0 Å². The van der Waals surface area contributed by atoms with Gasteiger partial charge in [0.1, 0.15) is 5.70 Å². The Hall–Kier alpha value is -1.40. The van der Waals surface area contributed by atoms with Crippen LogP contribution in [0.3, 0.4) is 0 Å². The molecule has 6 heteroatoms. The summed E-state index contributed by atoms with van der Waals surface area (Å²) in [4.78, 5) is 27.8. The maximum Gasteiger partial charge on any atom is 0.352 e. The zero-order valence-electron chi connectivity index (χ0n) is 14.7. The summed E-state index contributed by atoms with van der Waals surface area (Å²) in [5.41, 5.74) is 1.01. The van der Waals surface area contributed by atoms with Crippen molar-refractivity contribution < 1.29 is 19.8 Å². The average Bonchev–Trinajstić information content (AvgIpc) is 3.02. The molecule has 0 aromatic rings. The third-order valence-electron chi connectivity index (χ3n) is 5.98. The lowest BCUT2D eigenvalue weighted by atomic mass is 9.77. The van der Waals surface area contributed by atoms with Crippen LogP contribution in [-0.2, 0) is 9.59 Å². The molecule has 134 valence electrons. The number of hydrogen-bond donors (Lipinski definition) is 2. The molecule has 2 saturated heterocycles. The highest BCUT2D eigenvalue weighted by molar-refractivity contribution is 6.00. The number of amides is 1. The van der Waals surface area contributed by atoms with Crippen LogP contribution in [0.4, 0.5) is 0 Å². The Morgan fingerprint density at radius 2 is 2.12 bits per heavy atom. The van der Waals surface area contributed by atoms with Crippen molar-refractivity contribution in [2.75, 3.05) is 19.6 Å². The molecule has 5 atom stereocenters. The molecule has 3 heterocycles. The lowest BCUT2D eigenvalue weighted by Gasteiger charge is -2.46. The van der Waals surface area contributed by atoms with Gasteiger partial charge in [0.2, 0.25) is 5.91 Å². The first kappa shape index (κ1) is 17.4. The van der Waals surface area contributed by atoms with Gasteiger partial charge in [-0.05, 0) is 37.8 Å². The molecule has 24 heavy (non-hydrogen) atoms. The Kier molecular flexibility index (Phi) is 4.71. The maximum atomic E-state index is 12.3. The summed E-state index contributed by atoms with van der Waals surface area (Å²) >= 11 is 0. The summed E-state index contributed by atoms with van der Waals surface area (Å²) in [5.74, 6) is -1.07. The van der Waals surface area contributed by atoms with Crippen molar-refractivity contribution in [1.82, 2.24) is 9.80 Å². The largest absolute Gasteiger partial charge is 0.477 e. The lowest BCUT2D eigenvalue weighted by Crippen LogP contribution is -2.63. The minimum Gasteiger partial charge on any atom is -0.477 e. The van der Waals surface area contributed by atoms with Gasteiger partial charge in [0, 0.05) is 19.0 Å². The van der Waals surface area contributed by atoms with Gasteiger partial charge in [0.05, 0.1) is 18.1 Å². The smallest absolute Gasteiger partial charge is 0.352 e. The van der Waals surface area contributed by atoms with Gasteiger partial charge >= 0.3 is 5.97 Å². The Balaban J connectivity index is 1.79. The number of fused-ring (bicyclic) bond motifs is 1. The Labute approximate surface area is 143 Å². The molecule has 0 aromatic carbocycles. The lowest BCUT2D eigenvalue weighted by molar-refractivity contribution is -0.163. The fraction of sp³-hybridized carbons (Fsp3) is 0.778. The Bertz CT molecular complexity index is 571. The molecule has 2 fully saturated rings. The van der Waals surface area contributed by atoms with Gasteiger partial charge in [-0.3, -0.25) is 9.69 Å². The number of carboxylic acids is 1. The van der Waals surface area contributed by atoms with Gasteiger partial charge in [-0.25, -0.2) is 4.79 Å². The quantitative estimate of drug-likeness (QED) is 0.715. The molecular weight excluding hydrogens is 308 g/mol. The second-order valence-electron chi connectivity index (χ2n) is 7.61. The van der Waals surface area contributed by atoms with E-state index >= 15 is 0 Å². The highest BCUT2D eigenvalue weighted by Crippen LogP contribution is 2.47. The Morgan fingerprint density at radius 1 is 1.42 bits per heavy atom. The summed E-state index contributed by atoms with van der Waals surface area (Å²) in [7, 11) is 0. The summed E-state index contributed by atoms with van der Waals surface area (Å²) in [6, 6.07) is -0.201. The summed E-state index contributed by atoms with van der Waals surface area (Å²) in [5, 5.41) is 19.5. The number of β-lactam (4-membered cyclic amide) rings is 1. The fourth-order valence-electron chi connectivity index (χ4n) is 4.79. The fourth-order valence-corrected chi connectivity index (χ4v) is 4.79. The molecule has 1 amide bonds. The highest BCUT2D eigenvalue weighted by Gasteiger charge is 2.59. The van der Waals surface area contributed by atoms with Crippen LogP contribution in [0, 0.1) is 17.8 Å². The zero-order valence-corrected chi connectivity index (χ0v) is 14.7. The van der Waals surface area contributed by atoms with Crippen LogP contribution >= 0.6 is 0 Å². The molecule has 0 aromatic heterocycles. The molecule has 3 aliphatic heterocycles. The molecule has 2 unspecified atom stereocenters. The van der Waals surface area contributed by atoms with E-state index in [1.165, 1.54) is 24.2 Å². The SMILES string of the molecule is CCC[C@H]1CCN(CC2=C(C(=O)O)N3C(=O)C([C@@H](C)O)C3[C@H]2C)C1. The van der Waals surface area contributed by atoms with E-state index in [-0.39, 0.29) is 23.6 Å². The van der Waals surface area contributed by atoms with E-state index in [1.54, 1.807) is 6.92 Å². The third kappa shape index (κ3) is 2.65. The molecular formula is C18H28N2O4. The van der Waals surface area contributed by atoms with Crippen LogP contribution in [0.25, 0.3) is 0 Å². The molecule has 3 aliphatic rings. The van der Waals surface area contributed by atoms with E-state index in [2.05, 4.69) is 11.8 Å². The summed E-state index contributed by atoms with van der Waals surface area (Å²) < 4.78 is 0. The summed E-state index contributed by atoms with van der Waals surface area (Å²) in [6.07, 6.45) is 2.82. The number of carbonyl (C=O) groups excluding carboxylic acids is 1. The van der Waals surface area contributed by atoms with Gasteiger partial charge in [-0.2, -0.15) is 0 Å². The van der Waals surface area contributed by atoms with Crippen molar-refractivity contribution in [1.29, 1.82) is 0 Å². The van der Waals surface area contributed by atoms with E-state index < -0.39 is 18.0 Å². The molecule has 2 N–H and O–H groups in total. The predicted octanol–water partition coefficient (Wildman–Crippen LogP) is 1.30. The number of nitrogens with zero attached hydrogens (tertiary/aromatic N) is 2. The van der Waals surface area contributed by atoms with Crippen LogP contribution in [0.5, 0.6) is 0 Å². The minimum absolute atomic E-state index is 0.0152. The first-order chi connectivity index (χ1) is 11.4. The average molecular weight is 336 g/mol. The molecule has 0 spiro atoms. The van der Waals surface area contributed by atoms with Crippen molar-refractivity contribution in [3.63, 3.8) is 0 Å². The summed E-state index contributed by atoms with van der Waals surface area (Å²) in [6.45, 7) is 8.42. The number of carbonyl (C=O) groups is 2. The molecule has 6 nitrogen and oxygen atoms in total. The van der Waals surface area contributed by atoms with Crippen molar-refractivity contribution in [2.24, 2.45) is 17.8 Å². The van der Waals surface area contributed by atoms with Crippen LogP contribution in [0.15, 0.2) is 11.3 Å². The van der Waals surface area contributed by atoms with Gasteiger partial charge < -0.3 is 15.1 Å². The van der Waals surface area contributed by atoms with Crippen LogP contribution in [-0.4, -0.2) is 63.7 Å². The molecule has 3 rings (SSSR count). The van der Waals surface area contributed by atoms with Crippen molar-refractivity contribution in [3.8, 4) is 0 Å². The second kappa shape index (κ2) is 6.48. The molecule has 0 saturated carbocycles. The first-order valence-corrected chi connectivity index (χ1v) is 9.06. The normalized spacial score (nSPS) is 34.5. The van der Waals surface area contributed by atoms with Crippen molar-refractivity contribution in [3.05, 3.63) is 11.3 Å². The van der Waals surface area contributed by atoms with Gasteiger partial charge in [0.15, 0.2) is 0 Å². The van der Waals surface area contributed by atoms with E-state index in [0.717, 1.165) is 18.7 Å². The van der Waals surface area contributed by atoms with Crippen molar-refractivity contribution >= 4 is 11.9 Å². The van der Waals surface area contributed by atoms with Crippen LogP contribution < -0.4 is 0 Å². The van der Waals surface area contributed by atoms with E-state index in [1.807, 2.05) is 6.92 Å². The number of hydrogen-bond acceptors (Lipinski definition) is 4. The minimum atomic E-state index is -1.03. The monoisotopic (exact) mass is 336 g/mol. The van der Waals surface area contributed by atoms with Crippen molar-refractivity contribution in [2.45, 2.75) is 52.2 Å². The number of aliphatic carboxylic acids is 1. The number of aliphatic hydroxyl groups is 1. The number of carboxylic acid groups (broad SMARTS) is 1. The third-order valence-corrected chi connectivity index (χ3v) is 5.98. The zero-order chi connectivity index (χ0) is 17.6. The van der Waals surface area contributed by atoms with Gasteiger partial charge in [0.25, 0.3) is 0 Å². The topological polar surface area (TPSA) is 81.1 Å². The number of likely N-dealkylation sites (tertiary alicyclic amines) is 1. The second-order valence-corrected chi connectivity index (χ2v) is 7.61. The van der Waals surface area contributed by atoms with Gasteiger partial charge in [-0.1, -0.05) is 20.3 Å². The molecule has 0 bridgehead atoms. The predicted molar refractivity (Wildman–Crippen MR) is 89.1 cm³/mol. The highest BCUT2D eigenvalue weighted by atomic mass is 16.4. The van der Waals surface area contributed by atoms with Gasteiger partial charge in [-0.15, -0.1) is 0 Å².